The molecule has 0 nitrogen and oxygen atoms in total. The van der Waals surface area contributed by atoms with Crippen LogP contribution in [0, 0.1) is 17.3 Å². The van der Waals surface area contributed by atoms with Gasteiger partial charge in [0.25, 0.3) is 0 Å². The number of hydrogen-bond acceptors (Lipinski definition) is 0. The molecule has 0 N–H and O–H groups in total. The van der Waals surface area contributed by atoms with Gasteiger partial charge in [0.2, 0.25) is 0 Å². The molecule has 0 aromatic carbocycles. The van der Waals surface area contributed by atoms with Crippen LogP contribution in [0.5, 0.6) is 0 Å². The van der Waals surface area contributed by atoms with Crippen molar-refractivity contribution in [1.29, 1.82) is 0 Å². The van der Waals surface area contributed by atoms with Crippen molar-refractivity contribution < 1.29 is 0 Å². The van der Waals surface area contributed by atoms with E-state index in [0.717, 1.165) is 11.8 Å². The summed E-state index contributed by atoms with van der Waals surface area (Å²) in [5, 5.41) is 0. The van der Waals surface area contributed by atoms with Crippen molar-refractivity contribution in [3.05, 3.63) is 0 Å². The maximum Gasteiger partial charge on any atom is -0.0320 e. The van der Waals surface area contributed by atoms with Crippen LogP contribution in [0.2, 0.25) is 0 Å². The topological polar surface area (TPSA) is 0 Å². The second kappa shape index (κ2) is 2.53. The van der Waals surface area contributed by atoms with E-state index in [9.17, 15) is 0 Å². The van der Waals surface area contributed by atoms with E-state index in [1.807, 2.05) is 0 Å². The third-order valence-corrected chi connectivity index (χ3v) is 2.39. The summed E-state index contributed by atoms with van der Waals surface area (Å²) in [6, 6.07) is 0. The summed E-state index contributed by atoms with van der Waals surface area (Å²) in [5.41, 5.74) is 0.689. The van der Waals surface area contributed by atoms with Gasteiger partial charge in [-0.2, -0.15) is 13.5 Å². The van der Waals surface area contributed by atoms with Crippen LogP contribution in [0.4, 0.5) is 0 Å². The average molecular weight is 146 g/mol. The molecule has 0 aromatic heterocycles. The summed E-state index contributed by atoms with van der Waals surface area (Å²) in [5.74, 6) is 1.92. The van der Waals surface area contributed by atoms with Crippen molar-refractivity contribution in [1.82, 2.24) is 0 Å². The highest BCUT2D eigenvalue weighted by Gasteiger charge is 2.46. The van der Waals surface area contributed by atoms with Gasteiger partial charge in [-0.25, -0.2) is 0 Å². The minimum Gasteiger partial charge on any atom is -0.197 e. The first-order valence-electron chi connectivity index (χ1n) is 3.54. The Morgan fingerprint density at radius 3 is 1.67 bits per heavy atom. The maximum atomic E-state index is 2.36. The van der Waals surface area contributed by atoms with Crippen molar-refractivity contribution in [2.24, 2.45) is 17.3 Å². The maximum absolute atomic E-state index is 2.36. The van der Waals surface area contributed by atoms with Crippen LogP contribution in [-0.2, 0) is 0 Å². The highest BCUT2D eigenvalue weighted by atomic mass is 32.1. The zero-order chi connectivity index (χ0) is 6.36. The second-order valence-corrected chi connectivity index (χ2v) is 4.04. The van der Waals surface area contributed by atoms with E-state index >= 15 is 0 Å². The molecule has 56 valence electrons. The normalized spacial score (nSPS) is 29.7. The van der Waals surface area contributed by atoms with E-state index < -0.39 is 0 Å². The fourth-order valence-electron chi connectivity index (χ4n) is 1.65. The average Bonchev–Trinajstić information content (AvgIpc) is 2.13. The number of hydrogen-bond donors (Lipinski definition) is 0. The molecule has 0 spiro atoms. The Hall–Kier alpha value is 0.350. The van der Waals surface area contributed by atoms with Gasteiger partial charge >= 0.3 is 0 Å². The van der Waals surface area contributed by atoms with Gasteiger partial charge in [-0.3, -0.25) is 0 Å². The molecule has 1 aliphatic rings. The van der Waals surface area contributed by atoms with Crippen molar-refractivity contribution in [2.45, 2.75) is 34.1 Å². The number of rotatable bonds is 1. The Morgan fingerprint density at radius 2 is 1.67 bits per heavy atom. The van der Waals surface area contributed by atoms with E-state index in [4.69, 9.17) is 0 Å². The van der Waals surface area contributed by atoms with E-state index in [0.29, 0.717) is 5.41 Å². The Kier molecular flexibility index (Phi) is 2.63. The standard InChI is InChI=1S/C8H16.H2S/c1-6(2)7-5-8(7,3)4;/h6-7H,5H2,1-4H3;1H2/t7-;/m1./s1. The lowest BCUT2D eigenvalue weighted by atomic mass is 10.0. The Balaban J connectivity index is 0.000000640. The largest absolute Gasteiger partial charge is 0.197 e. The third-order valence-electron chi connectivity index (χ3n) is 2.39. The molecule has 1 rings (SSSR count). The zero-order valence-electron chi connectivity index (χ0n) is 6.86. The van der Waals surface area contributed by atoms with Crippen LogP contribution in [0.3, 0.4) is 0 Å². The van der Waals surface area contributed by atoms with E-state index in [2.05, 4.69) is 27.7 Å². The van der Waals surface area contributed by atoms with Crippen molar-refractivity contribution >= 4 is 13.5 Å². The quantitative estimate of drug-likeness (QED) is 0.533. The first-order chi connectivity index (χ1) is 3.54. The molecule has 9 heavy (non-hydrogen) atoms. The van der Waals surface area contributed by atoms with E-state index in [-0.39, 0.29) is 13.5 Å². The first-order valence-corrected chi connectivity index (χ1v) is 3.54. The molecular weight excluding hydrogens is 128 g/mol. The van der Waals surface area contributed by atoms with E-state index in [1.54, 1.807) is 0 Å². The Morgan fingerprint density at radius 1 is 1.33 bits per heavy atom. The zero-order valence-corrected chi connectivity index (χ0v) is 7.86. The summed E-state index contributed by atoms with van der Waals surface area (Å²) in [7, 11) is 0. The van der Waals surface area contributed by atoms with Crippen LogP contribution in [0.25, 0.3) is 0 Å². The lowest BCUT2D eigenvalue weighted by Crippen LogP contribution is -1.96. The van der Waals surface area contributed by atoms with Gasteiger partial charge in [0.1, 0.15) is 0 Å². The molecule has 0 bridgehead atoms. The molecule has 1 atom stereocenters. The molecule has 0 aromatic rings. The smallest absolute Gasteiger partial charge is 0.0320 e. The molecule has 0 radical (unpaired) electrons. The van der Waals surface area contributed by atoms with Crippen LogP contribution in [0.1, 0.15) is 34.1 Å². The molecule has 1 saturated carbocycles. The SMILES string of the molecule is CC(C)[C@H]1CC1(C)C.S. The summed E-state index contributed by atoms with van der Waals surface area (Å²) >= 11 is 0. The Labute approximate surface area is 65.5 Å². The fourth-order valence-corrected chi connectivity index (χ4v) is 1.65. The minimum absolute atomic E-state index is 0. The van der Waals surface area contributed by atoms with Gasteiger partial charge in [0.15, 0.2) is 0 Å². The first kappa shape index (κ1) is 9.35. The lowest BCUT2D eigenvalue weighted by molar-refractivity contribution is 0.451. The molecule has 0 saturated heterocycles. The van der Waals surface area contributed by atoms with Gasteiger partial charge < -0.3 is 0 Å². The summed E-state index contributed by atoms with van der Waals surface area (Å²) in [4.78, 5) is 0. The molecule has 1 aliphatic carbocycles. The van der Waals surface area contributed by atoms with E-state index in [1.165, 1.54) is 6.42 Å². The third kappa shape index (κ3) is 1.89. The highest BCUT2D eigenvalue weighted by molar-refractivity contribution is 7.59. The molecule has 0 unspecified atom stereocenters. The second-order valence-electron chi connectivity index (χ2n) is 4.04. The van der Waals surface area contributed by atoms with Crippen molar-refractivity contribution in [3.63, 3.8) is 0 Å². The lowest BCUT2D eigenvalue weighted by Gasteiger charge is -2.04. The fraction of sp³-hybridized carbons (Fsp3) is 1.00. The van der Waals surface area contributed by atoms with Gasteiger partial charge in [-0.15, -0.1) is 0 Å². The minimum atomic E-state index is 0. The predicted molar refractivity (Wildman–Crippen MR) is 47.1 cm³/mol. The molecule has 1 fully saturated rings. The van der Waals surface area contributed by atoms with Crippen LogP contribution < -0.4 is 0 Å². The summed E-state index contributed by atoms with van der Waals surface area (Å²) in [6.45, 7) is 9.36. The molecule has 0 amide bonds. The highest BCUT2D eigenvalue weighted by Crippen LogP contribution is 2.55. The van der Waals surface area contributed by atoms with Crippen molar-refractivity contribution in [3.8, 4) is 0 Å². The molecule has 1 heteroatoms. The molecule has 0 heterocycles. The monoisotopic (exact) mass is 146 g/mol. The molecular formula is C8H18S. The van der Waals surface area contributed by atoms with Crippen LogP contribution in [0.15, 0.2) is 0 Å². The van der Waals surface area contributed by atoms with Gasteiger partial charge in [-0.1, -0.05) is 27.7 Å². The predicted octanol–water partition coefficient (Wildman–Crippen LogP) is 2.80. The van der Waals surface area contributed by atoms with Gasteiger partial charge in [-0.05, 0) is 23.7 Å². The van der Waals surface area contributed by atoms with Crippen LogP contribution in [-0.4, -0.2) is 0 Å². The van der Waals surface area contributed by atoms with Crippen LogP contribution >= 0.6 is 13.5 Å². The summed E-state index contributed by atoms with van der Waals surface area (Å²) < 4.78 is 0. The molecule has 0 aliphatic heterocycles. The van der Waals surface area contributed by atoms with Gasteiger partial charge in [0, 0.05) is 0 Å². The Bertz CT molecular complexity index is 94.7. The van der Waals surface area contributed by atoms with Gasteiger partial charge in [0.05, 0.1) is 0 Å². The summed E-state index contributed by atoms with van der Waals surface area (Å²) in [6.07, 6.45) is 1.45. The van der Waals surface area contributed by atoms with Crippen molar-refractivity contribution in [2.75, 3.05) is 0 Å².